The molecule has 1 unspecified atom stereocenters. The monoisotopic (exact) mass is 308 g/mol. The summed E-state index contributed by atoms with van der Waals surface area (Å²) in [5, 5.41) is 20.0. The van der Waals surface area contributed by atoms with Crippen molar-refractivity contribution < 1.29 is 19.6 Å². The number of carbonyl (C=O) groups is 1. The lowest BCUT2D eigenvalue weighted by molar-refractivity contribution is -0.380. The molecule has 0 aliphatic heterocycles. The zero-order chi connectivity index (χ0) is 15.4. The van der Waals surface area contributed by atoms with Crippen LogP contribution in [0.2, 0.25) is 0 Å². The van der Waals surface area contributed by atoms with Crippen LogP contribution in [-0.4, -0.2) is 28.1 Å². The van der Waals surface area contributed by atoms with E-state index in [4.69, 9.17) is 4.74 Å². The van der Waals surface area contributed by atoms with Gasteiger partial charge in [0.2, 0.25) is 0 Å². The van der Waals surface area contributed by atoms with Gasteiger partial charge in [-0.3, -0.25) is 14.9 Å². The van der Waals surface area contributed by atoms with Gasteiger partial charge in [0.1, 0.15) is 22.9 Å². The van der Waals surface area contributed by atoms with E-state index in [9.17, 15) is 20.0 Å². The molecule has 0 saturated carbocycles. The molecule has 1 N–H and O–H groups in total. The van der Waals surface area contributed by atoms with Crippen LogP contribution in [0.15, 0.2) is 30.5 Å². The van der Waals surface area contributed by atoms with E-state index in [1.165, 1.54) is 0 Å². The Balaban J connectivity index is 2.21. The first kappa shape index (κ1) is 14.9. The number of ether oxygens (including phenoxy) is 1. The molecule has 110 valence electrons. The van der Waals surface area contributed by atoms with Gasteiger partial charge in [0.05, 0.1) is 12.0 Å². The number of methoxy groups -OCH3 is 1. The third kappa shape index (κ3) is 3.54. The van der Waals surface area contributed by atoms with Crippen molar-refractivity contribution in [2.75, 3.05) is 7.11 Å². The Morgan fingerprint density at radius 2 is 2.14 bits per heavy atom. The molecule has 0 amide bonds. The van der Waals surface area contributed by atoms with E-state index in [1.54, 1.807) is 31.4 Å². The average molecular weight is 308 g/mol. The first-order valence-electron chi connectivity index (χ1n) is 5.97. The van der Waals surface area contributed by atoms with Crippen LogP contribution >= 0.6 is 11.3 Å². The van der Waals surface area contributed by atoms with E-state index in [1.807, 2.05) is 0 Å². The minimum Gasteiger partial charge on any atom is -0.497 e. The lowest BCUT2D eigenvalue weighted by Gasteiger charge is -2.09. The van der Waals surface area contributed by atoms with E-state index < -0.39 is 16.8 Å². The first-order chi connectivity index (χ1) is 10.0. The van der Waals surface area contributed by atoms with Gasteiger partial charge < -0.3 is 9.84 Å². The van der Waals surface area contributed by atoms with Crippen LogP contribution in [0.5, 0.6) is 5.75 Å². The molecule has 0 spiro atoms. The molecule has 1 aromatic carbocycles. The number of hydrogen-bond donors (Lipinski definition) is 1. The Hall–Kier alpha value is -2.48. The second-order valence-corrected chi connectivity index (χ2v) is 5.28. The number of hydrogen-bond acceptors (Lipinski definition) is 6. The topological polar surface area (TPSA) is 103 Å². The van der Waals surface area contributed by atoms with Crippen molar-refractivity contribution in [1.29, 1.82) is 0 Å². The second kappa shape index (κ2) is 6.31. The number of carboxylic acid groups (broad SMARTS) is 1. The maximum absolute atomic E-state index is 11.4. The number of aliphatic carboxylic acids is 1. The number of aromatic nitrogens is 1. The number of nitro groups is 1. The highest BCUT2D eigenvalue weighted by molar-refractivity contribution is 7.15. The maximum atomic E-state index is 11.4. The van der Waals surface area contributed by atoms with Gasteiger partial charge in [-0.1, -0.05) is 12.1 Å². The summed E-state index contributed by atoms with van der Waals surface area (Å²) in [6.45, 7) is 0. The highest BCUT2D eigenvalue weighted by Gasteiger charge is 2.26. The molecule has 2 aromatic rings. The summed E-state index contributed by atoms with van der Waals surface area (Å²) in [6, 6.07) is 6.99. The summed E-state index contributed by atoms with van der Waals surface area (Å²) in [5.41, 5.74) is 0.793. The highest BCUT2D eigenvalue weighted by Crippen LogP contribution is 2.30. The maximum Gasteiger partial charge on any atom is 0.343 e. The number of thiazole rings is 1. The highest BCUT2D eigenvalue weighted by atomic mass is 32.1. The van der Waals surface area contributed by atoms with Gasteiger partial charge in [-0.15, -0.1) is 0 Å². The standard InChI is InChI=1S/C13H12N2O5S/c1-20-9-4-2-8(3-5-9)6-10(13(16)17)12-14-7-11(21-12)15(18)19/h2-5,7,10H,6H2,1H3,(H,16,17). The van der Waals surface area contributed by atoms with Crippen molar-refractivity contribution in [3.63, 3.8) is 0 Å². The predicted octanol–water partition coefficient (Wildman–Crippen LogP) is 2.47. The van der Waals surface area contributed by atoms with Crippen LogP contribution in [0.1, 0.15) is 16.5 Å². The van der Waals surface area contributed by atoms with Crippen molar-refractivity contribution in [3.8, 4) is 5.75 Å². The fourth-order valence-electron chi connectivity index (χ4n) is 1.80. The van der Waals surface area contributed by atoms with Gasteiger partial charge in [-0.2, -0.15) is 0 Å². The number of carboxylic acids is 1. The molecule has 7 nitrogen and oxygen atoms in total. The van der Waals surface area contributed by atoms with Crippen LogP contribution in [0, 0.1) is 10.1 Å². The minimum absolute atomic E-state index is 0.161. The van der Waals surface area contributed by atoms with Crippen LogP contribution in [0.25, 0.3) is 0 Å². The molecule has 2 rings (SSSR count). The summed E-state index contributed by atoms with van der Waals surface area (Å²) in [7, 11) is 1.55. The van der Waals surface area contributed by atoms with Crippen molar-refractivity contribution in [3.05, 3.63) is 51.1 Å². The summed E-state index contributed by atoms with van der Waals surface area (Å²) < 4.78 is 5.03. The van der Waals surface area contributed by atoms with E-state index >= 15 is 0 Å². The van der Waals surface area contributed by atoms with Crippen molar-refractivity contribution in [2.24, 2.45) is 0 Å². The lowest BCUT2D eigenvalue weighted by atomic mass is 10.00. The summed E-state index contributed by atoms with van der Waals surface area (Å²) in [6.07, 6.45) is 1.30. The van der Waals surface area contributed by atoms with Crippen LogP contribution < -0.4 is 4.74 Å². The van der Waals surface area contributed by atoms with Gasteiger partial charge in [-0.25, -0.2) is 4.98 Å². The average Bonchev–Trinajstić information content (AvgIpc) is 2.94. The van der Waals surface area contributed by atoms with Crippen molar-refractivity contribution >= 4 is 22.3 Å². The molecule has 0 radical (unpaired) electrons. The summed E-state index contributed by atoms with van der Waals surface area (Å²) >= 11 is 0.789. The van der Waals surface area contributed by atoms with Crippen molar-refractivity contribution in [2.45, 2.75) is 12.3 Å². The zero-order valence-electron chi connectivity index (χ0n) is 11.1. The van der Waals surface area contributed by atoms with Gasteiger partial charge >= 0.3 is 11.0 Å². The van der Waals surface area contributed by atoms with E-state index in [2.05, 4.69) is 4.98 Å². The Morgan fingerprint density at radius 3 is 2.62 bits per heavy atom. The first-order valence-corrected chi connectivity index (χ1v) is 6.78. The Bertz CT molecular complexity index is 653. The molecule has 0 aliphatic rings. The summed E-state index contributed by atoms with van der Waals surface area (Å²) in [5.74, 6) is -1.29. The quantitative estimate of drug-likeness (QED) is 0.649. The fraction of sp³-hybridized carbons (Fsp3) is 0.231. The van der Waals surface area contributed by atoms with Gasteiger partial charge in [0.15, 0.2) is 0 Å². The van der Waals surface area contributed by atoms with Crippen LogP contribution in [-0.2, 0) is 11.2 Å². The molecule has 1 atom stereocenters. The fourth-order valence-corrected chi connectivity index (χ4v) is 2.63. The number of benzene rings is 1. The van der Waals surface area contributed by atoms with E-state index in [0.717, 1.165) is 23.1 Å². The third-order valence-corrected chi connectivity index (χ3v) is 3.95. The van der Waals surface area contributed by atoms with Gasteiger partial charge in [0.25, 0.3) is 0 Å². The molecule has 0 bridgehead atoms. The molecule has 21 heavy (non-hydrogen) atoms. The van der Waals surface area contributed by atoms with E-state index in [-0.39, 0.29) is 16.4 Å². The predicted molar refractivity (Wildman–Crippen MR) is 75.8 cm³/mol. The molecular weight excluding hydrogens is 296 g/mol. The molecule has 0 saturated heterocycles. The molecule has 8 heteroatoms. The largest absolute Gasteiger partial charge is 0.497 e. The molecule has 1 heterocycles. The van der Waals surface area contributed by atoms with Crippen LogP contribution in [0.3, 0.4) is 0 Å². The van der Waals surface area contributed by atoms with Crippen molar-refractivity contribution in [1.82, 2.24) is 4.98 Å². The normalized spacial score (nSPS) is 11.9. The Labute approximate surface area is 124 Å². The van der Waals surface area contributed by atoms with E-state index in [0.29, 0.717) is 5.75 Å². The SMILES string of the molecule is COc1ccc(CC(C(=O)O)c2ncc([N+](=O)[O-])s2)cc1. The van der Waals surface area contributed by atoms with Gasteiger partial charge in [-0.05, 0) is 35.5 Å². The lowest BCUT2D eigenvalue weighted by Crippen LogP contribution is -2.14. The third-order valence-electron chi connectivity index (χ3n) is 2.89. The molecule has 1 aromatic heterocycles. The van der Waals surface area contributed by atoms with Crippen LogP contribution in [0.4, 0.5) is 5.00 Å². The Morgan fingerprint density at radius 1 is 1.48 bits per heavy atom. The number of rotatable bonds is 6. The second-order valence-electron chi connectivity index (χ2n) is 4.24. The number of nitrogens with zero attached hydrogens (tertiary/aromatic N) is 2. The smallest absolute Gasteiger partial charge is 0.343 e. The molecular formula is C13H12N2O5S. The Kier molecular flexibility index (Phi) is 4.49. The zero-order valence-corrected chi connectivity index (χ0v) is 11.9. The summed E-state index contributed by atoms with van der Waals surface area (Å²) in [4.78, 5) is 25.3. The van der Waals surface area contributed by atoms with Gasteiger partial charge in [0, 0.05) is 0 Å². The minimum atomic E-state index is -1.06. The molecule has 0 fully saturated rings. The molecule has 0 aliphatic carbocycles.